The summed E-state index contributed by atoms with van der Waals surface area (Å²) in [5.41, 5.74) is 5.40. The van der Waals surface area contributed by atoms with Gasteiger partial charge in [-0.25, -0.2) is 9.07 Å². The van der Waals surface area contributed by atoms with Gasteiger partial charge in [-0.3, -0.25) is 0 Å². The van der Waals surface area contributed by atoms with E-state index < -0.39 is 0 Å². The predicted octanol–water partition coefficient (Wildman–Crippen LogP) is 3.32. The molecule has 1 aliphatic rings. The lowest BCUT2D eigenvalue weighted by molar-refractivity contribution is 0.623. The van der Waals surface area contributed by atoms with Gasteiger partial charge in [0.1, 0.15) is 5.82 Å². The molecule has 1 aromatic heterocycles. The fourth-order valence-corrected chi connectivity index (χ4v) is 2.97. The third-order valence-electron chi connectivity index (χ3n) is 4.05. The summed E-state index contributed by atoms with van der Waals surface area (Å²) < 4.78 is 15.2. The number of halogens is 1. The Bertz CT molecular complexity index is 791. The van der Waals surface area contributed by atoms with Crippen molar-refractivity contribution in [1.29, 1.82) is 0 Å². The molecule has 0 amide bonds. The van der Waals surface area contributed by atoms with E-state index in [-0.39, 0.29) is 5.82 Å². The quantitative estimate of drug-likeness (QED) is 0.785. The lowest BCUT2D eigenvalue weighted by Crippen LogP contribution is -2.24. The molecule has 0 atom stereocenters. The van der Waals surface area contributed by atoms with Gasteiger partial charge in [-0.15, -0.1) is 0 Å². The molecular formula is C18H16FN3. The Kier molecular flexibility index (Phi) is 3.24. The highest BCUT2D eigenvalue weighted by molar-refractivity contribution is 5.65. The van der Waals surface area contributed by atoms with Gasteiger partial charge in [0.2, 0.25) is 0 Å². The molecule has 1 aliphatic heterocycles. The largest absolute Gasteiger partial charge is 0.312 e. The third-order valence-corrected chi connectivity index (χ3v) is 4.05. The first kappa shape index (κ1) is 13.2. The fourth-order valence-electron chi connectivity index (χ4n) is 2.97. The lowest BCUT2D eigenvalue weighted by Gasteiger charge is -2.15. The smallest absolute Gasteiger partial charge is 0.123 e. The van der Waals surface area contributed by atoms with Gasteiger partial charge in [0.15, 0.2) is 0 Å². The van der Waals surface area contributed by atoms with E-state index in [1.54, 1.807) is 12.1 Å². The second kappa shape index (κ2) is 5.39. The minimum absolute atomic E-state index is 0.224. The minimum Gasteiger partial charge on any atom is -0.312 e. The summed E-state index contributed by atoms with van der Waals surface area (Å²) >= 11 is 0. The Balaban J connectivity index is 1.89. The molecule has 22 heavy (non-hydrogen) atoms. The summed E-state index contributed by atoms with van der Waals surface area (Å²) in [7, 11) is 0. The van der Waals surface area contributed by atoms with Gasteiger partial charge in [-0.1, -0.05) is 18.2 Å². The van der Waals surface area contributed by atoms with Crippen molar-refractivity contribution in [2.45, 2.75) is 13.0 Å². The predicted molar refractivity (Wildman–Crippen MR) is 84.4 cm³/mol. The maximum atomic E-state index is 13.2. The van der Waals surface area contributed by atoms with E-state index in [2.05, 4.69) is 17.4 Å². The summed E-state index contributed by atoms with van der Waals surface area (Å²) in [6.07, 6.45) is 0.943. The molecule has 110 valence electrons. The Hall–Kier alpha value is -2.46. The van der Waals surface area contributed by atoms with Gasteiger partial charge in [0.25, 0.3) is 0 Å². The number of para-hydroxylation sites is 1. The number of nitrogens with zero attached hydrogens (tertiary/aromatic N) is 2. The number of rotatable bonds is 2. The van der Waals surface area contributed by atoms with Crippen molar-refractivity contribution >= 4 is 0 Å². The molecule has 0 fully saturated rings. The second-order valence-corrected chi connectivity index (χ2v) is 5.45. The van der Waals surface area contributed by atoms with E-state index >= 15 is 0 Å². The molecular weight excluding hydrogens is 277 g/mol. The van der Waals surface area contributed by atoms with Crippen molar-refractivity contribution in [1.82, 2.24) is 15.1 Å². The molecule has 0 saturated carbocycles. The van der Waals surface area contributed by atoms with E-state index in [9.17, 15) is 4.39 Å². The first-order valence-corrected chi connectivity index (χ1v) is 7.46. The van der Waals surface area contributed by atoms with Crippen molar-refractivity contribution in [3.05, 3.63) is 71.7 Å². The summed E-state index contributed by atoms with van der Waals surface area (Å²) in [6, 6.07) is 16.7. The first-order valence-electron chi connectivity index (χ1n) is 7.46. The highest BCUT2D eigenvalue weighted by atomic mass is 19.1. The summed E-state index contributed by atoms with van der Waals surface area (Å²) in [5, 5.41) is 8.22. The Labute approximate surface area is 128 Å². The molecule has 3 aromatic rings. The Morgan fingerprint density at radius 3 is 2.55 bits per heavy atom. The zero-order chi connectivity index (χ0) is 14.9. The van der Waals surface area contributed by atoms with E-state index in [1.807, 2.05) is 22.9 Å². The van der Waals surface area contributed by atoms with Crippen LogP contribution in [0.5, 0.6) is 0 Å². The van der Waals surface area contributed by atoms with E-state index in [1.165, 1.54) is 23.4 Å². The topological polar surface area (TPSA) is 29.9 Å². The Morgan fingerprint density at radius 2 is 1.77 bits per heavy atom. The van der Waals surface area contributed by atoms with Crippen LogP contribution < -0.4 is 5.32 Å². The number of benzene rings is 2. The molecule has 0 aliphatic carbocycles. The zero-order valence-electron chi connectivity index (χ0n) is 12.1. The fraction of sp³-hybridized carbons (Fsp3) is 0.167. The molecule has 0 unspecified atom stereocenters. The SMILES string of the molecule is Fc1ccc(-c2nn(-c3ccccc3)c3c2CNCC3)cc1. The molecule has 4 rings (SSSR count). The molecule has 0 saturated heterocycles. The highest BCUT2D eigenvalue weighted by Crippen LogP contribution is 2.29. The van der Waals surface area contributed by atoms with Crippen LogP contribution in [0.3, 0.4) is 0 Å². The Morgan fingerprint density at radius 1 is 1.00 bits per heavy atom. The maximum absolute atomic E-state index is 13.2. The van der Waals surface area contributed by atoms with Crippen molar-refractivity contribution in [3.63, 3.8) is 0 Å². The average Bonchev–Trinajstić information content (AvgIpc) is 2.96. The summed E-state index contributed by atoms with van der Waals surface area (Å²) in [4.78, 5) is 0. The third kappa shape index (κ3) is 2.22. The van der Waals surface area contributed by atoms with Crippen LogP contribution in [-0.2, 0) is 13.0 Å². The number of hydrogen-bond acceptors (Lipinski definition) is 2. The number of aromatic nitrogens is 2. The number of nitrogens with one attached hydrogen (secondary N) is 1. The molecule has 3 nitrogen and oxygen atoms in total. The van der Waals surface area contributed by atoms with Gasteiger partial charge in [-0.2, -0.15) is 5.10 Å². The molecule has 0 radical (unpaired) electrons. The van der Waals surface area contributed by atoms with Gasteiger partial charge in [0, 0.05) is 30.6 Å². The lowest BCUT2D eigenvalue weighted by atomic mass is 10.0. The number of fused-ring (bicyclic) bond motifs is 1. The normalized spacial score (nSPS) is 13.9. The monoisotopic (exact) mass is 293 g/mol. The van der Waals surface area contributed by atoms with Crippen LogP contribution in [0.4, 0.5) is 4.39 Å². The molecule has 2 aromatic carbocycles. The van der Waals surface area contributed by atoms with E-state index in [0.29, 0.717) is 0 Å². The van der Waals surface area contributed by atoms with Crippen LogP contribution in [0.25, 0.3) is 16.9 Å². The van der Waals surface area contributed by atoms with Crippen molar-refractivity contribution < 1.29 is 4.39 Å². The van der Waals surface area contributed by atoms with Gasteiger partial charge < -0.3 is 5.32 Å². The standard InChI is InChI=1S/C18H16FN3/c19-14-8-6-13(7-9-14)18-16-12-20-11-10-17(16)22(21-18)15-4-2-1-3-5-15/h1-9,20H,10-12H2. The first-order chi connectivity index (χ1) is 10.8. The van der Waals surface area contributed by atoms with Crippen molar-refractivity contribution in [2.75, 3.05) is 6.54 Å². The van der Waals surface area contributed by atoms with Crippen molar-refractivity contribution in [2.24, 2.45) is 0 Å². The second-order valence-electron chi connectivity index (χ2n) is 5.45. The molecule has 0 spiro atoms. The summed E-state index contributed by atoms with van der Waals surface area (Å²) in [5.74, 6) is -0.224. The van der Waals surface area contributed by atoms with Gasteiger partial charge in [-0.05, 0) is 36.4 Å². The van der Waals surface area contributed by atoms with Crippen LogP contribution in [0.15, 0.2) is 54.6 Å². The minimum atomic E-state index is -0.224. The van der Waals surface area contributed by atoms with Crippen LogP contribution in [0.2, 0.25) is 0 Å². The van der Waals surface area contributed by atoms with E-state index in [4.69, 9.17) is 5.10 Å². The van der Waals surface area contributed by atoms with Crippen molar-refractivity contribution in [3.8, 4) is 16.9 Å². The maximum Gasteiger partial charge on any atom is 0.123 e. The molecule has 4 heteroatoms. The van der Waals surface area contributed by atoms with Crippen LogP contribution in [0.1, 0.15) is 11.3 Å². The molecule has 1 N–H and O–H groups in total. The number of hydrogen-bond donors (Lipinski definition) is 1. The molecule has 0 bridgehead atoms. The average molecular weight is 293 g/mol. The van der Waals surface area contributed by atoms with E-state index in [0.717, 1.165) is 36.5 Å². The van der Waals surface area contributed by atoms with Gasteiger partial charge >= 0.3 is 0 Å². The van der Waals surface area contributed by atoms with Crippen LogP contribution >= 0.6 is 0 Å². The highest BCUT2D eigenvalue weighted by Gasteiger charge is 2.22. The summed E-state index contributed by atoms with van der Waals surface area (Å²) in [6.45, 7) is 1.75. The zero-order valence-corrected chi connectivity index (χ0v) is 12.1. The van der Waals surface area contributed by atoms with Crippen LogP contribution in [-0.4, -0.2) is 16.3 Å². The molecule has 2 heterocycles. The van der Waals surface area contributed by atoms with Gasteiger partial charge in [0.05, 0.1) is 17.1 Å². The van der Waals surface area contributed by atoms with Crippen LogP contribution in [0, 0.1) is 5.82 Å².